The Hall–Kier alpha value is -2.22. The Labute approximate surface area is 90.2 Å². The fourth-order valence-electron chi connectivity index (χ4n) is 0.975. The summed E-state index contributed by atoms with van der Waals surface area (Å²) in [6, 6.07) is 1.55. The van der Waals surface area contributed by atoms with Crippen LogP contribution in [0.2, 0.25) is 0 Å². The van der Waals surface area contributed by atoms with Gasteiger partial charge < -0.3 is 5.73 Å². The summed E-state index contributed by atoms with van der Waals surface area (Å²) < 4.78 is 26.3. The van der Waals surface area contributed by atoms with Crippen LogP contribution in [0.25, 0.3) is 0 Å². The fraction of sp³-hybridized carbons (Fsp3) is 0.0909. The van der Waals surface area contributed by atoms with E-state index in [0.717, 1.165) is 12.1 Å². The highest BCUT2D eigenvalue weighted by Crippen LogP contribution is 2.12. The van der Waals surface area contributed by atoms with E-state index in [1.165, 1.54) is 0 Å². The number of carbonyl (C=O) groups is 2. The molecule has 16 heavy (non-hydrogen) atoms. The number of amides is 1. The van der Waals surface area contributed by atoms with Gasteiger partial charge in [-0.2, -0.15) is 0 Å². The van der Waals surface area contributed by atoms with Crippen LogP contribution in [0.4, 0.5) is 8.78 Å². The molecule has 5 heteroatoms. The number of benzene rings is 1. The zero-order chi connectivity index (χ0) is 12.1. The molecule has 0 bridgehead atoms. The molecule has 0 heterocycles. The van der Waals surface area contributed by atoms with E-state index < -0.39 is 17.5 Å². The zero-order valence-electron chi connectivity index (χ0n) is 8.09. The van der Waals surface area contributed by atoms with E-state index in [0.29, 0.717) is 0 Å². The van der Waals surface area contributed by atoms with E-state index in [-0.39, 0.29) is 23.8 Å². The van der Waals surface area contributed by atoms with Crippen molar-refractivity contribution in [3.63, 3.8) is 0 Å². The van der Waals surface area contributed by atoms with Crippen molar-refractivity contribution in [3.05, 3.63) is 34.9 Å². The fourth-order valence-corrected chi connectivity index (χ4v) is 0.975. The first-order valence-corrected chi connectivity index (χ1v) is 4.26. The Balaban J connectivity index is 3.05. The van der Waals surface area contributed by atoms with Gasteiger partial charge in [0.05, 0.1) is 17.5 Å². The molecule has 1 aromatic rings. The van der Waals surface area contributed by atoms with Crippen LogP contribution in [0.1, 0.15) is 22.3 Å². The molecule has 0 saturated heterocycles. The maximum absolute atomic E-state index is 13.2. The Kier molecular flexibility index (Phi) is 3.72. The average molecular weight is 223 g/mol. The molecule has 0 aromatic heterocycles. The van der Waals surface area contributed by atoms with E-state index >= 15 is 0 Å². The van der Waals surface area contributed by atoms with E-state index in [2.05, 4.69) is 11.8 Å². The van der Waals surface area contributed by atoms with Crippen molar-refractivity contribution in [3.8, 4) is 11.8 Å². The Bertz CT molecular complexity index is 501. The molecule has 3 nitrogen and oxygen atoms in total. The minimum atomic E-state index is -0.861. The number of aldehydes is 1. The first-order chi connectivity index (χ1) is 7.54. The van der Waals surface area contributed by atoms with Gasteiger partial charge in [-0.25, -0.2) is 8.78 Å². The van der Waals surface area contributed by atoms with Crippen molar-refractivity contribution in [2.45, 2.75) is 6.42 Å². The summed E-state index contributed by atoms with van der Waals surface area (Å²) in [6.45, 7) is 0. The van der Waals surface area contributed by atoms with Crippen LogP contribution in [-0.2, 0) is 4.79 Å². The Morgan fingerprint density at radius 2 is 2.06 bits per heavy atom. The molecule has 0 fully saturated rings. The molecule has 1 rings (SSSR count). The van der Waals surface area contributed by atoms with Gasteiger partial charge in [0, 0.05) is 0 Å². The standard InChI is InChI=1S/C11H7F2NO2/c12-9-5-8(6-15)10(13)4-7(9)2-1-3-11(14)16/h4-6H,3H2,(H2,14,16). The van der Waals surface area contributed by atoms with E-state index in [1.54, 1.807) is 0 Å². The second kappa shape index (κ2) is 5.03. The molecule has 0 aliphatic carbocycles. The normalized spacial score (nSPS) is 9.12. The summed E-state index contributed by atoms with van der Waals surface area (Å²) in [5.41, 5.74) is 4.22. The number of hydrogen-bond acceptors (Lipinski definition) is 2. The number of halogens is 2. The van der Waals surface area contributed by atoms with Gasteiger partial charge in [-0.3, -0.25) is 9.59 Å². The SMILES string of the molecule is NC(=O)CC#Cc1cc(F)c(C=O)cc1F. The first kappa shape index (κ1) is 11.9. The summed E-state index contributed by atoms with van der Waals surface area (Å²) in [4.78, 5) is 20.6. The maximum atomic E-state index is 13.2. The van der Waals surface area contributed by atoms with Gasteiger partial charge in [0.15, 0.2) is 6.29 Å². The van der Waals surface area contributed by atoms with Gasteiger partial charge in [-0.1, -0.05) is 11.8 Å². The van der Waals surface area contributed by atoms with Crippen LogP contribution in [0.3, 0.4) is 0 Å². The summed E-state index contributed by atoms with van der Waals surface area (Å²) in [7, 11) is 0. The van der Waals surface area contributed by atoms with Crippen molar-refractivity contribution < 1.29 is 18.4 Å². The summed E-state index contributed by atoms with van der Waals surface area (Å²) in [5.74, 6) is 2.21. The van der Waals surface area contributed by atoms with Gasteiger partial charge in [0.25, 0.3) is 0 Å². The Morgan fingerprint density at radius 3 is 2.62 bits per heavy atom. The van der Waals surface area contributed by atoms with Crippen LogP contribution >= 0.6 is 0 Å². The predicted octanol–water partition coefficient (Wildman–Crippen LogP) is 1.00. The van der Waals surface area contributed by atoms with Crippen LogP contribution in [0.15, 0.2) is 12.1 Å². The van der Waals surface area contributed by atoms with Crippen LogP contribution in [0, 0.1) is 23.5 Å². The molecule has 0 atom stereocenters. The molecule has 1 amide bonds. The lowest BCUT2D eigenvalue weighted by Crippen LogP contribution is -2.08. The molecular weight excluding hydrogens is 216 g/mol. The second-order valence-corrected chi connectivity index (χ2v) is 2.92. The highest BCUT2D eigenvalue weighted by atomic mass is 19.1. The highest BCUT2D eigenvalue weighted by molar-refractivity contribution is 5.77. The third-order valence-electron chi connectivity index (χ3n) is 1.70. The second-order valence-electron chi connectivity index (χ2n) is 2.92. The minimum absolute atomic E-state index is 0.207. The molecule has 0 saturated carbocycles. The van der Waals surface area contributed by atoms with Crippen molar-refractivity contribution in [1.82, 2.24) is 0 Å². The maximum Gasteiger partial charge on any atom is 0.229 e. The van der Waals surface area contributed by atoms with Gasteiger partial charge in [0.2, 0.25) is 5.91 Å². The first-order valence-electron chi connectivity index (χ1n) is 4.26. The van der Waals surface area contributed by atoms with Crippen LogP contribution < -0.4 is 5.73 Å². The number of hydrogen-bond donors (Lipinski definition) is 1. The smallest absolute Gasteiger partial charge is 0.229 e. The lowest BCUT2D eigenvalue weighted by atomic mass is 10.1. The van der Waals surface area contributed by atoms with E-state index in [4.69, 9.17) is 5.73 Å². The lowest BCUT2D eigenvalue weighted by molar-refractivity contribution is -0.117. The topological polar surface area (TPSA) is 60.2 Å². The van der Waals surface area contributed by atoms with Crippen molar-refractivity contribution in [2.75, 3.05) is 0 Å². The number of nitrogens with two attached hydrogens (primary N) is 1. The quantitative estimate of drug-likeness (QED) is 0.600. The average Bonchev–Trinajstić information content (AvgIpc) is 2.22. The van der Waals surface area contributed by atoms with E-state index in [1.807, 2.05) is 0 Å². The van der Waals surface area contributed by atoms with Crippen LogP contribution in [-0.4, -0.2) is 12.2 Å². The summed E-state index contributed by atoms with van der Waals surface area (Å²) in [5, 5.41) is 0. The summed E-state index contributed by atoms with van der Waals surface area (Å²) >= 11 is 0. The number of rotatable bonds is 2. The van der Waals surface area contributed by atoms with Crippen molar-refractivity contribution in [2.24, 2.45) is 5.73 Å². The van der Waals surface area contributed by atoms with Gasteiger partial charge >= 0.3 is 0 Å². The predicted molar refractivity (Wildman–Crippen MR) is 52.4 cm³/mol. The molecule has 0 radical (unpaired) electrons. The third kappa shape index (κ3) is 2.89. The van der Waals surface area contributed by atoms with Crippen molar-refractivity contribution in [1.29, 1.82) is 0 Å². The van der Waals surface area contributed by atoms with Gasteiger partial charge in [0.1, 0.15) is 11.6 Å². The van der Waals surface area contributed by atoms with Gasteiger partial charge in [-0.15, -0.1) is 0 Å². The minimum Gasteiger partial charge on any atom is -0.369 e. The molecule has 0 unspecified atom stereocenters. The third-order valence-corrected chi connectivity index (χ3v) is 1.70. The van der Waals surface area contributed by atoms with E-state index in [9.17, 15) is 18.4 Å². The lowest BCUT2D eigenvalue weighted by Gasteiger charge is -1.97. The van der Waals surface area contributed by atoms with Gasteiger partial charge in [-0.05, 0) is 12.1 Å². The Morgan fingerprint density at radius 1 is 1.38 bits per heavy atom. The zero-order valence-corrected chi connectivity index (χ0v) is 8.09. The molecule has 0 spiro atoms. The largest absolute Gasteiger partial charge is 0.369 e. The molecule has 0 aliphatic rings. The molecule has 82 valence electrons. The monoisotopic (exact) mass is 223 g/mol. The molecule has 0 aliphatic heterocycles. The molecule has 2 N–H and O–H groups in total. The molecule has 1 aromatic carbocycles. The molecular formula is C11H7F2NO2. The number of primary amides is 1. The number of carbonyl (C=O) groups excluding carboxylic acids is 2. The highest BCUT2D eigenvalue weighted by Gasteiger charge is 2.07. The van der Waals surface area contributed by atoms with Crippen LogP contribution in [0.5, 0.6) is 0 Å². The summed E-state index contributed by atoms with van der Waals surface area (Å²) in [6.07, 6.45) is -0.0322. The van der Waals surface area contributed by atoms with Crippen molar-refractivity contribution >= 4 is 12.2 Å².